The molecule has 0 aliphatic rings. The van der Waals surface area contributed by atoms with Crippen LogP contribution < -0.4 is 5.32 Å². The topological polar surface area (TPSA) is 84.2 Å². The number of hydrogen-bond donors (Lipinski definition) is 2. The fourth-order valence-corrected chi connectivity index (χ4v) is 2.60. The predicted molar refractivity (Wildman–Crippen MR) is 89.7 cm³/mol. The van der Waals surface area contributed by atoms with Crippen molar-refractivity contribution in [3.63, 3.8) is 0 Å². The molecule has 0 fully saturated rings. The number of carboxylic acids is 1. The van der Waals surface area contributed by atoms with Gasteiger partial charge in [-0.15, -0.1) is 0 Å². The van der Waals surface area contributed by atoms with Crippen molar-refractivity contribution in [2.75, 3.05) is 0 Å². The summed E-state index contributed by atoms with van der Waals surface area (Å²) >= 11 is 0. The van der Waals surface area contributed by atoms with Crippen LogP contribution in [0.4, 0.5) is 4.39 Å². The third-order valence-electron chi connectivity index (χ3n) is 3.82. The second-order valence-electron chi connectivity index (χ2n) is 5.66. The molecule has 7 heteroatoms. The molecular formula is C18H16FN3O3. The lowest BCUT2D eigenvalue weighted by atomic mass is 10.2. The lowest BCUT2D eigenvalue weighted by Gasteiger charge is -2.10. The van der Waals surface area contributed by atoms with Crippen molar-refractivity contribution >= 4 is 22.9 Å². The van der Waals surface area contributed by atoms with Crippen molar-refractivity contribution in [2.45, 2.75) is 20.0 Å². The first-order valence-electron chi connectivity index (χ1n) is 7.65. The van der Waals surface area contributed by atoms with Gasteiger partial charge in [0.2, 0.25) is 5.91 Å². The fourth-order valence-electron chi connectivity index (χ4n) is 2.60. The molecule has 0 unspecified atom stereocenters. The number of rotatable bonds is 5. The van der Waals surface area contributed by atoms with Crippen molar-refractivity contribution in [3.05, 3.63) is 65.2 Å². The van der Waals surface area contributed by atoms with E-state index < -0.39 is 5.97 Å². The van der Waals surface area contributed by atoms with Crippen LogP contribution in [0, 0.1) is 5.82 Å². The average molecular weight is 341 g/mol. The van der Waals surface area contributed by atoms with Crippen LogP contribution in [0.3, 0.4) is 0 Å². The summed E-state index contributed by atoms with van der Waals surface area (Å²) in [6, 6.07) is 10.8. The van der Waals surface area contributed by atoms with Crippen LogP contribution in [-0.4, -0.2) is 26.5 Å². The summed E-state index contributed by atoms with van der Waals surface area (Å²) in [5.74, 6) is -0.939. The van der Waals surface area contributed by atoms with Gasteiger partial charge in [0.25, 0.3) is 0 Å². The third kappa shape index (κ3) is 3.65. The number of amides is 1. The molecule has 1 heterocycles. The highest BCUT2D eigenvalue weighted by Crippen LogP contribution is 2.20. The molecule has 0 spiro atoms. The highest BCUT2D eigenvalue weighted by molar-refractivity contribution is 5.92. The molecule has 2 aromatic carbocycles. The number of halogens is 1. The van der Waals surface area contributed by atoms with E-state index in [1.54, 1.807) is 18.2 Å². The Kier molecular flexibility index (Phi) is 4.47. The number of benzene rings is 2. The van der Waals surface area contributed by atoms with Crippen LogP contribution >= 0.6 is 0 Å². The normalized spacial score (nSPS) is 10.8. The van der Waals surface area contributed by atoms with Gasteiger partial charge in [0.15, 0.2) is 0 Å². The van der Waals surface area contributed by atoms with Gasteiger partial charge < -0.3 is 15.0 Å². The molecule has 0 saturated heterocycles. The number of aromatic carboxylic acids is 1. The molecule has 0 radical (unpaired) electrons. The molecular weight excluding hydrogens is 325 g/mol. The zero-order chi connectivity index (χ0) is 18.0. The monoisotopic (exact) mass is 341 g/mol. The predicted octanol–water partition coefficient (Wildman–Crippen LogP) is 2.56. The highest BCUT2D eigenvalue weighted by Gasteiger charge is 2.14. The Hall–Kier alpha value is -3.22. The Morgan fingerprint density at radius 1 is 1.20 bits per heavy atom. The molecule has 0 aliphatic heterocycles. The summed E-state index contributed by atoms with van der Waals surface area (Å²) in [4.78, 5) is 26.8. The molecule has 1 amide bonds. The van der Waals surface area contributed by atoms with Crippen molar-refractivity contribution in [1.29, 1.82) is 0 Å². The van der Waals surface area contributed by atoms with Gasteiger partial charge in [-0.25, -0.2) is 14.2 Å². The van der Waals surface area contributed by atoms with Crippen LogP contribution in [0.1, 0.15) is 28.7 Å². The van der Waals surface area contributed by atoms with Gasteiger partial charge in [0.05, 0.1) is 23.1 Å². The number of imidazole rings is 1. The average Bonchev–Trinajstić information content (AvgIpc) is 2.92. The standard InChI is InChI=1S/C18H16FN3O3/c1-11(23)20-9-17-21-15-8-13(18(24)25)4-7-16(15)22(17)10-12-2-5-14(19)6-3-12/h2-8H,9-10H2,1H3,(H,20,23)(H,24,25). The number of nitrogens with one attached hydrogen (secondary N) is 1. The van der Waals surface area contributed by atoms with Crippen LogP contribution in [0.25, 0.3) is 11.0 Å². The molecule has 128 valence electrons. The third-order valence-corrected chi connectivity index (χ3v) is 3.82. The summed E-state index contributed by atoms with van der Waals surface area (Å²) in [7, 11) is 0. The van der Waals surface area contributed by atoms with Gasteiger partial charge in [-0.1, -0.05) is 12.1 Å². The Bertz CT molecular complexity index is 948. The minimum absolute atomic E-state index is 0.144. The van der Waals surface area contributed by atoms with Gasteiger partial charge in [-0.2, -0.15) is 0 Å². The van der Waals surface area contributed by atoms with E-state index in [-0.39, 0.29) is 23.8 Å². The van der Waals surface area contributed by atoms with E-state index in [1.807, 2.05) is 4.57 Å². The summed E-state index contributed by atoms with van der Waals surface area (Å²) in [5.41, 5.74) is 2.29. The van der Waals surface area contributed by atoms with Gasteiger partial charge >= 0.3 is 5.97 Å². The molecule has 1 aromatic heterocycles. The minimum Gasteiger partial charge on any atom is -0.478 e. The second-order valence-corrected chi connectivity index (χ2v) is 5.66. The summed E-state index contributed by atoms with van der Waals surface area (Å²) in [6.07, 6.45) is 0. The summed E-state index contributed by atoms with van der Waals surface area (Å²) in [5, 5.41) is 11.8. The zero-order valence-electron chi connectivity index (χ0n) is 13.5. The van der Waals surface area contributed by atoms with Crippen molar-refractivity contribution < 1.29 is 19.1 Å². The van der Waals surface area contributed by atoms with Crippen LogP contribution in [0.2, 0.25) is 0 Å². The van der Waals surface area contributed by atoms with E-state index in [0.717, 1.165) is 11.1 Å². The molecule has 3 rings (SSSR count). The van der Waals surface area contributed by atoms with Crippen LogP contribution in [0.15, 0.2) is 42.5 Å². The number of fused-ring (bicyclic) bond motifs is 1. The van der Waals surface area contributed by atoms with E-state index in [1.165, 1.54) is 31.2 Å². The van der Waals surface area contributed by atoms with Gasteiger partial charge in [0, 0.05) is 13.5 Å². The Morgan fingerprint density at radius 2 is 1.92 bits per heavy atom. The first-order valence-corrected chi connectivity index (χ1v) is 7.65. The van der Waals surface area contributed by atoms with Crippen molar-refractivity contribution in [1.82, 2.24) is 14.9 Å². The maximum absolute atomic E-state index is 13.1. The Balaban J connectivity index is 2.05. The minimum atomic E-state index is -1.03. The van der Waals surface area contributed by atoms with Crippen LogP contribution in [0.5, 0.6) is 0 Å². The summed E-state index contributed by atoms with van der Waals surface area (Å²) < 4.78 is 15.0. The zero-order valence-corrected chi connectivity index (χ0v) is 13.5. The SMILES string of the molecule is CC(=O)NCc1nc2cc(C(=O)O)ccc2n1Cc1ccc(F)cc1. The maximum Gasteiger partial charge on any atom is 0.335 e. The van der Waals surface area contributed by atoms with E-state index >= 15 is 0 Å². The highest BCUT2D eigenvalue weighted by atomic mass is 19.1. The molecule has 2 N–H and O–H groups in total. The number of carbonyl (C=O) groups excluding carboxylic acids is 1. The lowest BCUT2D eigenvalue weighted by molar-refractivity contribution is -0.119. The van der Waals surface area contributed by atoms with Gasteiger partial charge in [-0.3, -0.25) is 4.79 Å². The van der Waals surface area contributed by atoms with Gasteiger partial charge in [0.1, 0.15) is 11.6 Å². The Labute approximate surface area is 142 Å². The van der Waals surface area contributed by atoms with E-state index in [0.29, 0.717) is 17.9 Å². The number of aromatic nitrogens is 2. The number of hydrogen-bond acceptors (Lipinski definition) is 3. The molecule has 6 nitrogen and oxygen atoms in total. The molecule has 0 atom stereocenters. The fraction of sp³-hybridized carbons (Fsp3) is 0.167. The maximum atomic E-state index is 13.1. The van der Waals surface area contributed by atoms with Crippen molar-refractivity contribution in [3.8, 4) is 0 Å². The smallest absolute Gasteiger partial charge is 0.335 e. The lowest BCUT2D eigenvalue weighted by Crippen LogP contribution is -2.21. The first-order chi connectivity index (χ1) is 11.9. The van der Waals surface area contributed by atoms with E-state index in [9.17, 15) is 14.0 Å². The molecule has 3 aromatic rings. The number of carbonyl (C=O) groups is 2. The summed E-state index contributed by atoms with van der Waals surface area (Å²) in [6.45, 7) is 2.06. The van der Waals surface area contributed by atoms with Gasteiger partial charge in [-0.05, 0) is 35.9 Å². The molecule has 0 bridgehead atoms. The van der Waals surface area contributed by atoms with Crippen molar-refractivity contribution in [2.24, 2.45) is 0 Å². The molecule has 0 aliphatic carbocycles. The first kappa shape index (κ1) is 16.6. The van der Waals surface area contributed by atoms with E-state index in [4.69, 9.17) is 5.11 Å². The molecule has 0 saturated carbocycles. The number of carboxylic acid groups (broad SMARTS) is 1. The van der Waals surface area contributed by atoms with E-state index in [2.05, 4.69) is 10.3 Å². The number of nitrogens with zero attached hydrogens (tertiary/aromatic N) is 2. The van der Waals surface area contributed by atoms with Crippen LogP contribution in [-0.2, 0) is 17.9 Å². The largest absolute Gasteiger partial charge is 0.478 e. The quantitative estimate of drug-likeness (QED) is 0.747. The second kappa shape index (κ2) is 6.72. The molecule has 25 heavy (non-hydrogen) atoms. The Morgan fingerprint density at radius 3 is 2.56 bits per heavy atom.